The van der Waals surface area contributed by atoms with E-state index in [1.807, 2.05) is 0 Å². The summed E-state index contributed by atoms with van der Waals surface area (Å²) in [4.78, 5) is 11.1. The highest BCUT2D eigenvalue weighted by atomic mass is 28.3. The van der Waals surface area contributed by atoms with Gasteiger partial charge in [0.2, 0.25) is 0 Å². The normalized spacial score (nSPS) is 36.8. The lowest BCUT2D eigenvalue weighted by Crippen LogP contribution is -2.45. The number of aliphatic hydroxyl groups excluding tert-OH is 1. The van der Waals surface area contributed by atoms with Crippen molar-refractivity contribution >= 4 is 14.0 Å². The summed E-state index contributed by atoms with van der Waals surface area (Å²) in [5.41, 5.74) is -0.222. The molecule has 1 rings (SSSR count). The van der Waals surface area contributed by atoms with Crippen LogP contribution in [-0.2, 0) is 9.53 Å². The number of aliphatic hydroxyl groups is 1. The molecule has 0 radical (unpaired) electrons. The van der Waals surface area contributed by atoms with Gasteiger partial charge in [-0.25, -0.2) is 0 Å². The fraction of sp³-hybridized carbons (Fsp3) is 0.875. The van der Waals surface area contributed by atoms with Crippen molar-refractivity contribution in [3.8, 4) is 0 Å². The average molecular weight is 188 g/mol. The Morgan fingerprint density at radius 3 is 2.08 bits per heavy atom. The molecule has 12 heavy (non-hydrogen) atoms. The number of rotatable bonds is 1. The molecule has 3 unspecified atom stereocenters. The Balaban J connectivity index is 2.78. The highest BCUT2D eigenvalue weighted by Gasteiger charge is 2.47. The zero-order valence-electron chi connectivity index (χ0n) is 8.00. The van der Waals surface area contributed by atoms with E-state index in [1.54, 1.807) is 6.92 Å². The van der Waals surface area contributed by atoms with Crippen LogP contribution in [0.25, 0.3) is 0 Å². The Hall–Kier alpha value is -0.353. The molecule has 70 valence electrons. The molecule has 0 saturated carbocycles. The van der Waals surface area contributed by atoms with Crippen LogP contribution < -0.4 is 0 Å². The number of esters is 1. The minimum Gasteiger partial charge on any atom is -0.463 e. The first kappa shape index (κ1) is 9.73. The van der Waals surface area contributed by atoms with Crippen LogP contribution >= 0.6 is 0 Å². The van der Waals surface area contributed by atoms with Crippen molar-refractivity contribution in [2.24, 2.45) is 5.92 Å². The Bertz CT molecular complexity index is 197. The summed E-state index contributed by atoms with van der Waals surface area (Å²) >= 11 is 0. The summed E-state index contributed by atoms with van der Waals surface area (Å²) in [6.45, 7) is 7.98. The van der Waals surface area contributed by atoms with Gasteiger partial charge in [-0.1, -0.05) is 19.6 Å². The molecule has 3 atom stereocenters. The van der Waals surface area contributed by atoms with Crippen LogP contribution in [-0.4, -0.2) is 31.0 Å². The maximum Gasteiger partial charge on any atom is 0.311 e. The lowest BCUT2D eigenvalue weighted by molar-refractivity contribution is -0.142. The Labute approximate surface area is 73.7 Å². The molecule has 0 aromatic rings. The summed E-state index contributed by atoms with van der Waals surface area (Å²) in [5, 5.41) is 9.65. The fourth-order valence-electron chi connectivity index (χ4n) is 1.39. The Morgan fingerprint density at radius 1 is 1.42 bits per heavy atom. The molecule has 1 N–H and O–H groups in total. The Kier molecular flexibility index (Phi) is 2.31. The summed E-state index contributed by atoms with van der Waals surface area (Å²) in [5.74, 6) is -0.600. The van der Waals surface area contributed by atoms with Gasteiger partial charge < -0.3 is 9.84 Å². The van der Waals surface area contributed by atoms with Gasteiger partial charge in [0.1, 0.15) is 11.8 Å². The van der Waals surface area contributed by atoms with Gasteiger partial charge in [-0.2, -0.15) is 0 Å². The standard InChI is InChI=1S/C8H16O3Si/c1-5-6(9)8(11-7(5)10)12(2,3)4/h5-6,8-9H,1-4H3. The van der Waals surface area contributed by atoms with Crippen LogP contribution in [0.1, 0.15) is 6.92 Å². The van der Waals surface area contributed by atoms with Crippen LogP contribution in [0.15, 0.2) is 0 Å². The second-order valence-corrected chi connectivity index (χ2v) is 9.80. The van der Waals surface area contributed by atoms with E-state index in [2.05, 4.69) is 19.6 Å². The van der Waals surface area contributed by atoms with E-state index < -0.39 is 14.2 Å². The molecule has 1 heterocycles. The smallest absolute Gasteiger partial charge is 0.311 e. The van der Waals surface area contributed by atoms with Crippen LogP contribution in [0.4, 0.5) is 0 Å². The molecule has 4 heteroatoms. The molecule has 0 amide bonds. The molecule has 0 aromatic heterocycles. The maximum absolute atomic E-state index is 11.1. The fourth-order valence-corrected chi connectivity index (χ4v) is 3.18. The molecule has 1 aliphatic rings. The van der Waals surface area contributed by atoms with Crippen LogP contribution in [0.3, 0.4) is 0 Å². The van der Waals surface area contributed by atoms with Gasteiger partial charge in [-0.15, -0.1) is 0 Å². The summed E-state index contributed by atoms with van der Waals surface area (Å²) in [6, 6.07) is 0. The van der Waals surface area contributed by atoms with Gasteiger partial charge >= 0.3 is 5.97 Å². The summed E-state index contributed by atoms with van der Waals surface area (Å²) in [6.07, 6.45) is -0.593. The van der Waals surface area contributed by atoms with Crippen molar-refractivity contribution in [1.82, 2.24) is 0 Å². The molecule has 0 aliphatic carbocycles. The third-order valence-corrected chi connectivity index (χ3v) is 4.46. The predicted octanol–water partition coefficient (Wildman–Crippen LogP) is 0.786. The van der Waals surface area contributed by atoms with E-state index in [0.29, 0.717) is 0 Å². The number of ether oxygens (including phenoxy) is 1. The number of carbonyl (C=O) groups excluding carboxylic acids is 1. The molecule has 1 aliphatic heterocycles. The van der Waals surface area contributed by atoms with Gasteiger partial charge in [0.05, 0.1) is 14.0 Å². The summed E-state index contributed by atoms with van der Waals surface area (Å²) < 4.78 is 5.12. The summed E-state index contributed by atoms with van der Waals surface area (Å²) in [7, 11) is -1.56. The maximum atomic E-state index is 11.1. The third-order valence-electron chi connectivity index (χ3n) is 2.29. The lowest BCUT2D eigenvalue weighted by Gasteiger charge is -2.25. The van der Waals surface area contributed by atoms with Gasteiger partial charge in [0, 0.05) is 0 Å². The van der Waals surface area contributed by atoms with Crippen LogP contribution in [0, 0.1) is 5.92 Å². The number of cyclic esters (lactones) is 1. The van der Waals surface area contributed by atoms with Crippen LogP contribution in [0.2, 0.25) is 19.6 Å². The zero-order valence-corrected chi connectivity index (χ0v) is 9.00. The largest absolute Gasteiger partial charge is 0.463 e. The first-order valence-corrected chi connectivity index (χ1v) is 7.80. The molecule has 1 saturated heterocycles. The quantitative estimate of drug-likeness (QED) is 0.489. The molecule has 0 spiro atoms. The third kappa shape index (κ3) is 1.54. The Morgan fingerprint density at radius 2 is 1.92 bits per heavy atom. The molecule has 0 bridgehead atoms. The molecular formula is C8H16O3Si. The van der Waals surface area contributed by atoms with Crippen molar-refractivity contribution in [1.29, 1.82) is 0 Å². The monoisotopic (exact) mass is 188 g/mol. The SMILES string of the molecule is CC1C(=O)OC([Si](C)(C)C)C1O. The first-order chi connectivity index (χ1) is 5.34. The van der Waals surface area contributed by atoms with Gasteiger partial charge in [0.15, 0.2) is 0 Å². The molecule has 3 nitrogen and oxygen atoms in total. The number of carbonyl (C=O) groups is 1. The second kappa shape index (κ2) is 2.85. The van der Waals surface area contributed by atoms with E-state index in [9.17, 15) is 9.90 Å². The highest BCUT2D eigenvalue weighted by molar-refractivity contribution is 6.77. The minimum atomic E-state index is -1.56. The van der Waals surface area contributed by atoms with Crippen molar-refractivity contribution in [3.05, 3.63) is 0 Å². The predicted molar refractivity (Wildman–Crippen MR) is 48.4 cm³/mol. The zero-order chi connectivity index (χ0) is 9.52. The highest BCUT2D eigenvalue weighted by Crippen LogP contribution is 2.27. The topological polar surface area (TPSA) is 46.5 Å². The van der Waals surface area contributed by atoms with Gasteiger partial charge in [0.25, 0.3) is 0 Å². The van der Waals surface area contributed by atoms with E-state index in [0.717, 1.165) is 0 Å². The van der Waals surface area contributed by atoms with E-state index in [1.165, 1.54) is 0 Å². The van der Waals surface area contributed by atoms with E-state index in [-0.39, 0.29) is 17.6 Å². The second-order valence-electron chi connectivity index (χ2n) is 4.50. The average Bonchev–Trinajstić information content (AvgIpc) is 2.15. The van der Waals surface area contributed by atoms with Gasteiger partial charge in [-0.05, 0) is 6.92 Å². The van der Waals surface area contributed by atoms with Crippen molar-refractivity contribution < 1.29 is 14.6 Å². The molecule has 0 aromatic carbocycles. The van der Waals surface area contributed by atoms with Gasteiger partial charge in [-0.3, -0.25) is 4.79 Å². The molecule has 1 fully saturated rings. The van der Waals surface area contributed by atoms with Crippen molar-refractivity contribution in [2.45, 2.75) is 38.4 Å². The lowest BCUT2D eigenvalue weighted by atomic mass is 10.1. The molecular weight excluding hydrogens is 172 g/mol. The van der Waals surface area contributed by atoms with Crippen LogP contribution in [0.5, 0.6) is 0 Å². The van der Waals surface area contributed by atoms with Crippen molar-refractivity contribution in [2.75, 3.05) is 0 Å². The number of hydrogen-bond donors (Lipinski definition) is 1. The van der Waals surface area contributed by atoms with E-state index >= 15 is 0 Å². The van der Waals surface area contributed by atoms with E-state index in [4.69, 9.17) is 4.74 Å². The first-order valence-electron chi connectivity index (χ1n) is 4.22. The van der Waals surface area contributed by atoms with Crippen molar-refractivity contribution in [3.63, 3.8) is 0 Å². The number of hydrogen-bond acceptors (Lipinski definition) is 3. The minimum absolute atomic E-state index is 0.222.